The minimum atomic E-state index is -0.600. The van der Waals surface area contributed by atoms with E-state index < -0.39 is 17.3 Å². The predicted octanol–water partition coefficient (Wildman–Crippen LogP) is 5.48. The highest BCUT2D eigenvalue weighted by Crippen LogP contribution is 2.31. The Morgan fingerprint density at radius 3 is 2.26 bits per heavy atom. The summed E-state index contributed by atoms with van der Waals surface area (Å²) in [5, 5.41) is 5.00. The van der Waals surface area contributed by atoms with Crippen molar-refractivity contribution in [1.82, 2.24) is 19.5 Å². The first kappa shape index (κ1) is 27.5. The Labute approximate surface area is 228 Å². The first-order valence-corrected chi connectivity index (χ1v) is 12.9. The Bertz CT molecular complexity index is 1340. The summed E-state index contributed by atoms with van der Waals surface area (Å²) < 4.78 is 12.7. The molecule has 11 heteroatoms. The second-order valence-electron chi connectivity index (χ2n) is 11.3. The van der Waals surface area contributed by atoms with E-state index in [9.17, 15) is 9.59 Å². The number of carbonyl (C=O) groups excluding carboxylic acids is 2. The van der Waals surface area contributed by atoms with Crippen LogP contribution in [0.15, 0.2) is 36.7 Å². The molecule has 0 N–H and O–H groups in total. The van der Waals surface area contributed by atoms with Crippen molar-refractivity contribution in [2.75, 3.05) is 43.0 Å². The third kappa shape index (κ3) is 6.48. The summed E-state index contributed by atoms with van der Waals surface area (Å²) in [7, 11) is 1.67. The SMILES string of the molecule is CN(C(=O)OC(C)(C)C)c1ccn2ncc(-c3cc(Cl)cc(N4CCN(C(=O)OC(C)(C)C)CC4)n3)c2c1. The molecule has 0 saturated carbocycles. The molecule has 0 spiro atoms. The van der Waals surface area contributed by atoms with Gasteiger partial charge in [-0.25, -0.2) is 19.1 Å². The fourth-order valence-corrected chi connectivity index (χ4v) is 4.24. The molecule has 0 aliphatic carbocycles. The van der Waals surface area contributed by atoms with E-state index in [0.717, 1.165) is 16.9 Å². The van der Waals surface area contributed by atoms with Crippen LogP contribution in [0.3, 0.4) is 0 Å². The van der Waals surface area contributed by atoms with E-state index in [1.54, 1.807) is 41.0 Å². The van der Waals surface area contributed by atoms with Crippen LogP contribution in [0.5, 0.6) is 0 Å². The third-order valence-corrected chi connectivity index (χ3v) is 6.09. The third-order valence-electron chi connectivity index (χ3n) is 5.87. The fraction of sp³-hybridized carbons (Fsp3) is 0.481. The van der Waals surface area contributed by atoms with Crippen LogP contribution in [0.25, 0.3) is 16.8 Å². The van der Waals surface area contributed by atoms with E-state index >= 15 is 0 Å². The van der Waals surface area contributed by atoms with Crippen LogP contribution in [0.2, 0.25) is 5.02 Å². The highest BCUT2D eigenvalue weighted by molar-refractivity contribution is 6.31. The number of carbonyl (C=O) groups is 2. The maximum absolute atomic E-state index is 12.6. The number of pyridine rings is 2. The van der Waals surface area contributed by atoms with Crippen molar-refractivity contribution >= 4 is 40.8 Å². The minimum Gasteiger partial charge on any atom is -0.444 e. The van der Waals surface area contributed by atoms with Gasteiger partial charge in [0.15, 0.2) is 0 Å². The Morgan fingerprint density at radius 1 is 0.974 bits per heavy atom. The topological polar surface area (TPSA) is 92.5 Å². The number of halogens is 1. The standard InChI is InChI=1S/C27H35ClN6O4/c1-26(2,3)37-24(35)31(7)19-8-9-34-22(16-19)20(17-29-34)21-14-18(28)15-23(30-21)32-10-12-33(13-11-32)25(36)38-27(4,5)6/h8-9,14-17H,10-13H2,1-7H3. The number of ether oxygens (including phenoxy) is 2. The molecule has 10 nitrogen and oxygen atoms in total. The largest absolute Gasteiger partial charge is 0.444 e. The van der Waals surface area contributed by atoms with E-state index in [4.69, 9.17) is 26.1 Å². The van der Waals surface area contributed by atoms with Gasteiger partial charge in [0, 0.05) is 50.0 Å². The van der Waals surface area contributed by atoms with Crippen LogP contribution < -0.4 is 9.80 Å². The molecule has 1 aliphatic heterocycles. The monoisotopic (exact) mass is 542 g/mol. The van der Waals surface area contributed by atoms with Gasteiger partial charge in [0.2, 0.25) is 0 Å². The molecule has 4 heterocycles. The van der Waals surface area contributed by atoms with Crippen LogP contribution in [0.1, 0.15) is 41.5 Å². The van der Waals surface area contributed by atoms with E-state index in [1.807, 2.05) is 53.7 Å². The Balaban J connectivity index is 1.56. The number of aromatic nitrogens is 3. The van der Waals surface area contributed by atoms with Gasteiger partial charge in [0.1, 0.15) is 17.0 Å². The zero-order chi connectivity index (χ0) is 27.8. The van der Waals surface area contributed by atoms with Gasteiger partial charge in [-0.05, 0) is 65.8 Å². The average Bonchev–Trinajstić information content (AvgIpc) is 3.24. The summed E-state index contributed by atoms with van der Waals surface area (Å²) in [5.41, 5.74) is 1.74. The highest BCUT2D eigenvalue weighted by Gasteiger charge is 2.27. The van der Waals surface area contributed by atoms with E-state index in [0.29, 0.717) is 42.6 Å². The van der Waals surface area contributed by atoms with Gasteiger partial charge in [-0.1, -0.05) is 11.6 Å². The van der Waals surface area contributed by atoms with E-state index in [-0.39, 0.29) is 6.09 Å². The van der Waals surface area contributed by atoms with Crippen molar-refractivity contribution in [3.8, 4) is 11.3 Å². The minimum absolute atomic E-state index is 0.310. The molecule has 0 radical (unpaired) electrons. The summed E-state index contributed by atoms with van der Waals surface area (Å²) in [6.07, 6.45) is 2.76. The first-order valence-electron chi connectivity index (χ1n) is 12.6. The lowest BCUT2D eigenvalue weighted by Crippen LogP contribution is -2.50. The van der Waals surface area contributed by atoms with Crippen molar-refractivity contribution in [1.29, 1.82) is 0 Å². The van der Waals surface area contributed by atoms with Gasteiger partial charge < -0.3 is 19.3 Å². The molecule has 0 bridgehead atoms. The summed E-state index contributed by atoms with van der Waals surface area (Å²) in [4.78, 5) is 35.2. The van der Waals surface area contributed by atoms with Gasteiger partial charge in [-0.15, -0.1) is 0 Å². The first-order chi connectivity index (χ1) is 17.7. The number of fused-ring (bicyclic) bond motifs is 1. The van der Waals surface area contributed by atoms with Crippen LogP contribution in [-0.4, -0.2) is 76.1 Å². The van der Waals surface area contributed by atoms with E-state index in [1.165, 1.54) is 4.90 Å². The Kier molecular flexibility index (Phi) is 7.47. The van der Waals surface area contributed by atoms with Crippen molar-refractivity contribution in [3.63, 3.8) is 0 Å². The van der Waals surface area contributed by atoms with Crippen LogP contribution in [0.4, 0.5) is 21.1 Å². The van der Waals surface area contributed by atoms with Crippen LogP contribution in [0, 0.1) is 0 Å². The zero-order valence-electron chi connectivity index (χ0n) is 23.0. The van der Waals surface area contributed by atoms with Crippen molar-refractivity contribution in [2.45, 2.75) is 52.7 Å². The number of nitrogens with zero attached hydrogens (tertiary/aromatic N) is 6. The molecule has 3 aromatic heterocycles. The summed E-state index contributed by atoms with van der Waals surface area (Å²) in [6.45, 7) is 13.3. The van der Waals surface area contributed by atoms with Gasteiger partial charge in [-0.2, -0.15) is 5.10 Å². The maximum Gasteiger partial charge on any atom is 0.414 e. The second-order valence-corrected chi connectivity index (χ2v) is 11.7. The number of amides is 2. The molecule has 0 aromatic carbocycles. The number of hydrogen-bond donors (Lipinski definition) is 0. The summed E-state index contributed by atoms with van der Waals surface area (Å²) in [6, 6.07) is 7.29. The van der Waals surface area contributed by atoms with Gasteiger partial charge in [0.05, 0.1) is 23.1 Å². The average molecular weight is 543 g/mol. The molecule has 4 rings (SSSR count). The maximum atomic E-state index is 12.6. The van der Waals surface area contributed by atoms with Crippen molar-refractivity contribution in [2.24, 2.45) is 0 Å². The van der Waals surface area contributed by atoms with Crippen LogP contribution in [-0.2, 0) is 9.47 Å². The molecule has 0 unspecified atom stereocenters. The predicted molar refractivity (Wildman–Crippen MR) is 148 cm³/mol. The molecular formula is C27H35ClN6O4. The molecule has 204 valence electrons. The molecular weight excluding hydrogens is 508 g/mol. The lowest BCUT2D eigenvalue weighted by atomic mass is 10.1. The number of hydrogen-bond acceptors (Lipinski definition) is 7. The highest BCUT2D eigenvalue weighted by atomic mass is 35.5. The summed E-state index contributed by atoms with van der Waals surface area (Å²) in [5.74, 6) is 0.720. The smallest absolute Gasteiger partial charge is 0.414 e. The van der Waals surface area contributed by atoms with E-state index in [2.05, 4.69) is 10.00 Å². The molecule has 1 aliphatic rings. The normalized spacial score (nSPS) is 14.5. The molecule has 1 saturated heterocycles. The quantitative estimate of drug-likeness (QED) is 0.433. The lowest BCUT2D eigenvalue weighted by Gasteiger charge is -2.36. The van der Waals surface area contributed by atoms with Gasteiger partial charge in [-0.3, -0.25) is 4.90 Å². The van der Waals surface area contributed by atoms with Gasteiger partial charge in [0.25, 0.3) is 0 Å². The Morgan fingerprint density at radius 2 is 1.63 bits per heavy atom. The molecule has 38 heavy (non-hydrogen) atoms. The lowest BCUT2D eigenvalue weighted by molar-refractivity contribution is 0.0240. The molecule has 3 aromatic rings. The van der Waals surface area contributed by atoms with Gasteiger partial charge >= 0.3 is 12.2 Å². The summed E-state index contributed by atoms with van der Waals surface area (Å²) >= 11 is 6.53. The second kappa shape index (κ2) is 10.3. The molecule has 1 fully saturated rings. The number of piperazine rings is 1. The Hall–Kier alpha value is -3.53. The van der Waals surface area contributed by atoms with Crippen molar-refractivity contribution in [3.05, 3.63) is 41.7 Å². The fourth-order valence-electron chi connectivity index (χ4n) is 4.04. The number of anilines is 2. The molecule has 0 atom stereocenters. The molecule has 2 amide bonds. The van der Waals surface area contributed by atoms with Crippen molar-refractivity contribution < 1.29 is 19.1 Å². The zero-order valence-corrected chi connectivity index (χ0v) is 23.7. The van der Waals surface area contributed by atoms with Crippen LogP contribution >= 0.6 is 11.6 Å². The number of rotatable bonds is 3.